The second-order valence-electron chi connectivity index (χ2n) is 3.04. The topological polar surface area (TPSA) is 0 Å². The highest BCUT2D eigenvalue weighted by Gasteiger charge is 1.96. The molecular weight excluding hydrogens is 194 g/mol. The Morgan fingerprint density at radius 3 is 1.86 bits per heavy atom. The smallest absolute Gasteiger partial charge is 0.0984 e. The van der Waals surface area contributed by atoms with Gasteiger partial charge in [0.25, 0.3) is 0 Å². The average Bonchev–Trinajstić information content (AvgIpc) is 2.30. The van der Waals surface area contributed by atoms with Crippen LogP contribution >= 0.6 is 8.89 Å². The summed E-state index contributed by atoms with van der Waals surface area (Å²) in [7, 11) is -0.616. The zero-order valence-electron chi connectivity index (χ0n) is 7.57. The third-order valence-electron chi connectivity index (χ3n) is 2.10. The highest BCUT2D eigenvalue weighted by atomic mass is 31.1. The SMILES string of the molecule is FPc1ccc(-c2ccccc2)cc1. The van der Waals surface area contributed by atoms with Crippen molar-refractivity contribution in [3.8, 4) is 11.1 Å². The van der Waals surface area contributed by atoms with E-state index in [0.29, 0.717) is 0 Å². The molecule has 0 nitrogen and oxygen atoms in total. The molecule has 14 heavy (non-hydrogen) atoms. The monoisotopic (exact) mass is 204 g/mol. The minimum atomic E-state index is -0.616. The van der Waals surface area contributed by atoms with Gasteiger partial charge in [-0.25, -0.2) is 4.20 Å². The fourth-order valence-corrected chi connectivity index (χ4v) is 1.65. The Morgan fingerprint density at radius 1 is 0.714 bits per heavy atom. The summed E-state index contributed by atoms with van der Waals surface area (Å²) in [5.74, 6) is 0. The van der Waals surface area contributed by atoms with Gasteiger partial charge in [-0.1, -0.05) is 54.6 Å². The third-order valence-corrected chi connectivity index (χ3v) is 2.65. The Labute approximate surface area is 84.7 Å². The molecule has 0 heterocycles. The second kappa shape index (κ2) is 4.34. The van der Waals surface area contributed by atoms with Gasteiger partial charge in [0.2, 0.25) is 0 Å². The van der Waals surface area contributed by atoms with Crippen LogP contribution in [0.5, 0.6) is 0 Å². The van der Waals surface area contributed by atoms with Crippen LogP contribution in [0.1, 0.15) is 0 Å². The lowest BCUT2D eigenvalue weighted by atomic mass is 10.1. The van der Waals surface area contributed by atoms with Gasteiger partial charge in [-0.2, -0.15) is 0 Å². The van der Waals surface area contributed by atoms with E-state index in [-0.39, 0.29) is 0 Å². The maximum absolute atomic E-state index is 12.3. The molecule has 0 aliphatic rings. The Balaban J connectivity index is 2.34. The van der Waals surface area contributed by atoms with Crippen molar-refractivity contribution in [3.05, 3.63) is 54.6 Å². The molecule has 0 N–H and O–H groups in total. The Kier molecular flexibility index (Phi) is 2.90. The van der Waals surface area contributed by atoms with E-state index in [1.165, 1.54) is 5.56 Å². The van der Waals surface area contributed by atoms with E-state index >= 15 is 0 Å². The van der Waals surface area contributed by atoms with Gasteiger partial charge in [-0.3, -0.25) is 0 Å². The number of hydrogen-bond donors (Lipinski definition) is 0. The fraction of sp³-hybridized carbons (Fsp3) is 0. The van der Waals surface area contributed by atoms with Crippen molar-refractivity contribution in [2.24, 2.45) is 0 Å². The van der Waals surface area contributed by atoms with E-state index in [2.05, 4.69) is 0 Å². The van der Waals surface area contributed by atoms with E-state index in [4.69, 9.17) is 0 Å². The van der Waals surface area contributed by atoms with Crippen molar-refractivity contribution in [2.75, 3.05) is 0 Å². The van der Waals surface area contributed by atoms with Crippen LogP contribution in [-0.4, -0.2) is 0 Å². The van der Waals surface area contributed by atoms with E-state index in [9.17, 15) is 4.20 Å². The molecule has 0 spiro atoms. The Bertz CT molecular complexity index is 394. The lowest BCUT2D eigenvalue weighted by Crippen LogP contribution is -1.89. The molecule has 2 rings (SSSR count). The average molecular weight is 204 g/mol. The Morgan fingerprint density at radius 2 is 1.29 bits per heavy atom. The molecule has 0 saturated carbocycles. The second-order valence-corrected chi connectivity index (χ2v) is 3.80. The molecule has 1 unspecified atom stereocenters. The van der Waals surface area contributed by atoms with Gasteiger partial charge in [0.1, 0.15) is 0 Å². The molecule has 0 fully saturated rings. The van der Waals surface area contributed by atoms with Crippen LogP contribution < -0.4 is 5.30 Å². The molecule has 0 amide bonds. The lowest BCUT2D eigenvalue weighted by Gasteiger charge is -2.01. The number of rotatable bonds is 2. The van der Waals surface area contributed by atoms with Crippen LogP contribution in [0.2, 0.25) is 0 Å². The quantitative estimate of drug-likeness (QED) is 0.656. The van der Waals surface area contributed by atoms with Crippen molar-refractivity contribution < 1.29 is 4.20 Å². The van der Waals surface area contributed by atoms with Crippen LogP contribution in [0.25, 0.3) is 11.1 Å². The predicted octanol–water partition coefficient (Wildman–Crippen LogP) is 3.54. The minimum absolute atomic E-state index is 0.616. The van der Waals surface area contributed by atoms with Gasteiger partial charge in [-0.05, 0) is 11.1 Å². The predicted molar refractivity (Wildman–Crippen MR) is 60.9 cm³/mol. The highest BCUT2D eigenvalue weighted by molar-refractivity contribution is 7.41. The van der Waals surface area contributed by atoms with Crippen LogP contribution in [0.4, 0.5) is 4.20 Å². The molecule has 2 heteroatoms. The molecule has 0 aromatic heterocycles. The first-order valence-electron chi connectivity index (χ1n) is 4.42. The maximum Gasteiger partial charge on any atom is 0.0984 e. The Hall–Kier alpha value is -1.20. The highest BCUT2D eigenvalue weighted by Crippen LogP contribution is 2.19. The van der Waals surface area contributed by atoms with Crippen LogP contribution in [0, 0.1) is 0 Å². The number of hydrogen-bond acceptors (Lipinski definition) is 0. The minimum Gasteiger partial charge on any atom is -0.225 e. The van der Waals surface area contributed by atoms with Crippen molar-refractivity contribution in [1.82, 2.24) is 0 Å². The van der Waals surface area contributed by atoms with E-state index in [1.54, 1.807) is 0 Å². The summed E-state index contributed by atoms with van der Waals surface area (Å²) >= 11 is 0. The summed E-state index contributed by atoms with van der Waals surface area (Å²) in [6.45, 7) is 0. The molecule has 0 bridgehead atoms. The summed E-state index contributed by atoms with van der Waals surface area (Å²) < 4.78 is 12.3. The van der Waals surface area contributed by atoms with Crippen molar-refractivity contribution in [3.63, 3.8) is 0 Å². The summed E-state index contributed by atoms with van der Waals surface area (Å²) in [6.07, 6.45) is 0. The van der Waals surface area contributed by atoms with Gasteiger partial charge in [-0.15, -0.1) is 0 Å². The lowest BCUT2D eigenvalue weighted by molar-refractivity contribution is 0.929. The van der Waals surface area contributed by atoms with Gasteiger partial charge in [0.15, 0.2) is 0 Å². The van der Waals surface area contributed by atoms with E-state index in [0.717, 1.165) is 10.9 Å². The van der Waals surface area contributed by atoms with Gasteiger partial charge in [0.05, 0.1) is 8.89 Å². The largest absolute Gasteiger partial charge is 0.225 e. The van der Waals surface area contributed by atoms with Crippen molar-refractivity contribution >= 4 is 14.2 Å². The molecule has 70 valence electrons. The van der Waals surface area contributed by atoms with E-state index < -0.39 is 8.89 Å². The summed E-state index contributed by atoms with van der Waals surface area (Å²) in [6, 6.07) is 17.7. The number of halogens is 1. The first kappa shape index (κ1) is 9.36. The molecule has 0 aliphatic carbocycles. The summed E-state index contributed by atoms with van der Waals surface area (Å²) in [5, 5.41) is 0.754. The van der Waals surface area contributed by atoms with Crippen molar-refractivity contribution in [1.29, 1.82) is 0 Å². The molecule has 0 radical (unpaired) electrons. The third kappa shape index (κ3) is 2.00. The van der Waals surface area contributed by atoms with E-state index in [1.807, 2.05) is 54.6 Å². The first-order chi connectivity index (χ1) is 6.90. The van der Waals surface area contributed by atoms with Crippen molar-refractivity contribution in [2.45, 2.75) is 0 Å². The first-order valence-corrected chi connectivity index (χ1v) is 5.30. The normalized spacial score (nSPS) is 10.9. The van der Waals surface area contributed by atoms with Gasteiger partial charge in [0, 0.05) is 5.30 Å². The molecule has 2 aromatic rings. The fourth-order valence-electron chi connectivity index (χ4n) is 1.36. The maximum atomic E-state index is 12.3. The van der Waals surface area contributed by atoms with Gasteiger partial charge >= 0.3 is 0 Å². The molecule has 0 saturated heterocycles. The molecule has 0 aliphatic heterocycles. The molecular formula is C12H10FP. The van der Waals surface area contributed by atoms with Crippen LogP contribution in [0.3, 0.4) is 0 Å². The standard InChI is InChI=1S/C12H10FP/c13-14-12-8-6-11(7-9-12)10-4-2-1-3-5-10/h1-9,14H. The number of benzene rings is 2. The zero-order valence-corrected chi connectivity index (χ0v) is 8.57. The summed E-state index contributed by atoms with van der Waals surface area (Å²) in [5.41, 5.74) is 2.30. The van der Waals surface area contributed by atoms with Crippen LogP contribution in [-0.2, 0) is 0 Å². The summed E-state index contributed by atoms with van der Waals surface area (Å²) in [4.78, 5) is 0. The van der Waals surface area contributed by atoms with Crippen LogP contribution in [0.15, 0.2) is 54.6 Å². The molecule has 1 atom stereocenters. The van der Waals surface area contributed by atoms with Gasteiger partial charge < -0.3 is 0 Å². The molecule has 2 aromatic carbocycles. The zero-order chi connectivity index (χ0) is 9.80.